The van der Waals surface area contributed by atoms with E-state index >= 15 is 0 Å². The van der Waals surface area contributed by atoms with Gasteiger partial charge in [0.05, 0.1) is 12.5 Å². The van der Waals surface area contributed by atoms with Gasteiger partial charge >= 0.3 is 5.97 Å². The van der Waals surface area contributed by atoms with E-state index in [0.717, 1.165) is 22.9 Å². The molecule has 1 aliphatic carbocycles. The molecule has 2 rings (SSSR count). The first kappa shape index (κ1) is 13.6. The molecule has 3 heteroatoms. The van der Waals surface area contributed by atoms with Crippen LogP contribution in [0.3, 0.4) is 0 Å². The second kappa shape index (κ2) is 6.37. The molecule has 0 aromatic heterocycles. The minimum absolute atomic E-state index is 0.0632. The SMILES string of the molecule is CCOC(=O)[C@@H](c1ccc(Br)cc1)C1CCCC1. The molecule has 0 aliphatic heterocycles. The van der Waals surface area contributed by atoms with Crippen LogP contribution in [0.2, 0.25) is 0 Å². The molecule has 1 aromatic carbocycles. The van der Waals surface area contributed by atoms with Crippen LogP contribution >= 0.6 is 15.9 Å². The Balaban J connectivity index is 2.22. The van der Waals surface area contributed by atoms with Gasteiger partial charge < -0.3 is 4.74 Å². The zero-order valence-corrected chi connectivity index (χ0v) is 12.3. The van der Waals surface area contributed by atoms with Crippen molar-refractivity contribution in [3.63, 3.8) is 0 Å². The van der Waals surface area contributed by atoms with Gasteiger partial charge in [-0.25, -0.2) is 0 Å². The minimum Gasteiger partial charge on any atom is -0.466 e. The van der Waals surface area contributed by atoms with Crippen LogP contribution < -0.4 is 0 Å². The smallest absolute Gasteiger partial charge is 0.313 e. The third kappa shape index (κ3) is 3.14. The maximum absolute atomic E-state index is 12.2. The van der Waals surface area contributed by atoms with Crippen molar-refractivity contribution in [1.82, 2.24) is 0 Å². The number of benzene rings is 1. The standard InChI is InChI=1S/C15H19BrO2/c1-2-18-15(17)14(11-5-3-4-6-11)12-7-9-13(16)10-8-12/h7-11,14H,2-6H2,1H3/t14-/m1/s1. The van der Waals surface area contributed by atoms with Gasteiger partial charge in [0, 0.05) is 4.47 Å². The Morgan fingerprint density at radius 2 is 1.94 bits per heavy atom. The van der Waals surface area contributed by atoms with Gasteiger partial charge in [-0.2, -0.15) is 0 Å². The Labute approximate surface area is 117 Å². The summed E-state index contributed by atoms with van der Waals surface area (Å²) in [6.07, 6.45) is 4.74. The molecule has 1 saturated carbocycles. The predicted molar refractivity (Wildman–Crippen MR) is 75.5 cm³/mol. The number of carbonyl (C=O) groups is 1. The normalized spacial score (nSPS) is 17.7. The molecule has 0 heterocycles. The first-order valence-corrected chi connectivity index (χ1v) is 7.43. The Morgan fingerprint density at radius 3 is 2.50 bits per heavy atom. The summed E-state index contributed by atoms with van der Waals surface area (Å²) in [7, 11) is 0. The second-order valence-electron chi connectivity index (χ2n) is 4.83. The summed E-state index contributed by atoms with van der Waals surface area (Å²) in [6.45, 7) is 2.32. The number of carbonyl (C=O) groups excluding carboxylic acids is 1. The maximum Gasteiger partial charge on any atom is 0.313 e. The third-order valence-corrected chi connectivity index (χ3v) is 4.17. The lowest BCUT2D eigenvalue weighted by Gasteiger charge is -2.22. The van der Waals surface area contributed by atoms with Crippen molar-refractivity contribution in [2.75, 3.05) is 6.61 Å². The highest BCUT2D eigenvalue weighted by Crippen LogP contribution is 2.38. The van der Waals surface area contributed by atoms with E-state index in [9.17, 15) is 4.79 Å². The van der Waals surface area contributed by atoms with Crippen LogP contribution in [-0.2, 0) is 9.53 Å². The van der Waals surface area contributed by atoms with E-state index in [-0.39, 0.29) is 11.9 Å². The molecule has 1 aliphatic rings. The Kier molecular flexibility index (Phi) is 4.81. The lowest BCUT2D eigenvalue weighted by atomic mass is 9.85. The van der Waals surface area contributed by atoms with Gasteiger partial charge in [-0.05, 0) is 43.4 Å². The van der Waals surface area contributed by atoms with Crippen molar-refractivity contribution in [2.24, 2.45) is 5.92 Å². The third-order valence-electron chi connectivity index (χ3n) is 3.64. The van der Waals surface area contributed by atoms with Crippen LogP contribution in [-0.4, -0.2) is 12.6 Å². The van der Waals surface area contributed by atoms with E-state index in [2.05, 4.69) is 15.9 Å². The maximum atomic E-state index is 12.2. The van der Waals surface area contributed by atoms with Gasteiger partial charge in [0.15, 0.2) is 0 Å². The summed E-state index contributed by atoms with van der Waals surface area (Å²) >= 11 is 3.43. The van der Waals surface area contributed by atoms with Gasteiger partial charge in [0.2, 0.25) is 0 Å². The van der Waals surface area contributed by atoms with Gasteiger partial charge in [0.25, 0.3) is 0 Å². The Bertz CT molecular complexity index is 393. The zero-order valence-electron chi connectivity index (χ0n) is 10.7. The fraction of sp³-hybridized carbons (Fsp3) is 0.533. The lowest BCUT2D eigenvalue weighted by Crippen LogP contribution is -2.22. The van der Waals surface area contributed by atoms with Crippen molar-refractivity contribution in [3.8, 4) is 0 Å². The second-order valence-corrected chi connectivity index (χ2v) is 5.74. The summed E-state index contributed by atoms with van der Waals surface area (Å²) < 4.78 is 6.29. The molecular formula is C15H19BrO2. The number of hydrogen-bond donors (Lipinski definition) is 0. The zero-order chi connectivity index (χ0) is 13.0. The van der Waals surface area contributed by atoms with Crippen LogP contribution in [0.5, 0.6) is 0 Å². The minimum atomic E-state index is -0.0828. The molecule has 1 atom stereocenters. The number of rotatable bonds is 4. The number of esters is 1. The van der Waals surface area contributed by atoms with E-state index < -0.39 is 0 Å². The summed E-state index contributed by atoms with van der Waals surface area (Å²) in [5.41, 5.74) is 1.09. The monoisotopic (exact) mass is 310 g/mol. The first-order valence-electron chi connectivity index (χ1n) is 6.64. The van der Waals surface area contributed by atoms with Crippen LogP contribution in [0.25, 0.3) is 0 Å². The fourth-order valence-corrected chi connectivity index (χ4v) is 3.06. The first-order chi connectivity index (χ1) is 8.72. The summed E-state index contributed by atoms with van der Waals surface area (Å²) in [5.74, 6) is 0.303. The molecule has 1 fully saturated rings. The van der Waals surface area contributed by atoms with E-state index in [0.29, 0.717) is 12.5 Å². The van der Waals surface area contributed by atoms with Crippen LogP contribution in [0.1, 0.15) is 44.1 Å². The fourth-order valence-electron chi connectivity index (χ4n) is 2.79. The molecule has 0 unspecified atom stereocenters. The van der Waals surface area contributed by atoms with Crippen molar-refractivity contribution in [2.45, 2.75) is 38.5 Å². The highest BCUT2D eigenvalue weighted by Gasteiger charge is 2.32. The quantitative estimate of drug-likeness (QED) is 0.776. The van der Waals surface area contributed by atoms with E-state index in [4.69, 9.17) is 4.74 Å². The van der Waals surface area contributed by atoms with E-state index in [1.807, 2.05) is 31.2 Å². The molecule has 2 nitrogen and oxygen atoms in total. The van der Waals surface area contributed by atoms with Gasteiger partial charge in [-0.1, -0.05) is 40.9 Å². The average molecular weight is 311 g/mol. The topological polar surface area (TPSA) is 26.3 Å². The Hall–Kier alpha value is -0.830. The number of ether oxygens (including phenoxy) is 1. The van der Waals surface area contributed by atoms with Crippen LogP contribution in [0, 0.1) is 5.92 Å². The molecule has 0 saturated heterocycles. The molecule has 0 spiro atoms. The predicted octanol–water partition coefficient (Wildman–Crippen LogP) is 4.29. The highest BCUT2D eigenvalue weighted by molar-refractivity contribution is 9.10. The van der Waals surface area contributed by atoms with Gasteiger partial charge in [-0.15, -0.1) is 0 Å². The largest absolute Gasteiger partial charge is 0.466 e. The number of halogens is 1. The van der Waals surface area contributed by atoms with E-state index in [1.165, 1.54) is 12.8 Å². The Morgan fingerprint density at radius 1 is 1.33 bits per heavy atom. The van der Waals surface area contributed by atoms with Crippen molar-refractivity contribution >= 4 is 21.9 Å². The molecule has 0 N–H and O–H groups in total. The van der Waals surface area contributed by atoms with E-state index in [1.54, 1.807) is 0 Å². The molecule has 0 bridgehead atoms. The molecule has 0 amide bonds. The lowest BCUT2D eigenvalue weighted by molar-refractivity contribution is -0.146. The summed E-state index contributed by atoms with van der Waals surface area (Å²) in [4.78, 5) is 12.2. The molecular weight excluding hydrogens is 292 g/mol. The highest BCUT2D eigenvalue weighted by atomic mass is 79.9. The molecule has 18 heavy (non-hydrogen) atoms. The van der Waals surface area contributed by atoms with Crippen molar-refractivity contribution < 1.29 is 9.53 Å². The molecule has 1 aromatic rings. The van der Waals surface area contributed by atoms with Crippen molar-refractivity contribution in [1.29, 1.82) is 0 Å². The number of hydrogen-bond acceptors (Lipinski definition) is 2. The summed E-state index contributed by atoms with van der Waals surface area (Å²) in [5, 5.41) is 0. The summed E-state index contributed by atoms with van der Waals surface area (Å²) in [6, 6.07) is 8.06. The van der Waals surface area contributed by atoms with Crippen molar-refractivity contribution in [3.05, 3.63) is 34.3 Å². The average Bonchev–Trinajstić information content (AvgIpc) is 2.86. The van der Waals surface area contributed by atoms with Gasteiger partial charge in [-0.3, -0.25) is 4.79 Å². The molecule has 98 valence electrons. The van der Waals surface area contributed by atoms with Crippen LogP contribution in [0.15, 0.2) is 28.7 Å². The van der Waals surface area contributed by atoms with Crippen LogP contribution in [0.4, 0.5) is 0 Å². The molecule has 0 radical (unpaired) electrons. The van der Waals surface area contributed by atoms with Gasteiger partial charge in [0.1, 0.15) is 0 Å².